The summed E-state index contributed by atoms with van der Waals surface area (Å²) in [6.45, 7) is 0.590. The van der Waals surface area contributed by atoms with E-state index in [1.807, 2.05) is 0 Å². The lowest BCUT2D eigenvalue weighted by atomic mass is 10.2. The fourth-order valence-corrected chi connectivity index (χ4v) is 2.29. The van der Waals surface area contributed by atoms with E-state index in [1.165, 1.54) is 11.0 Å². The number of hydrogen-bond donors (Lipinski definition) is 1. The van der Waals surface area contributed by atoms with Gasteiger partial charge in [-0.3, -0.25) is 4.79 Å². The van der Waals surface area contributed by atoms with E-state index >= 15 is 0 Å². The number of aliphatic carboxylic acids is 1. The Balaban J connectivity index is 2.05. The molecule has 1 aromatic carbocycles. The van der Waals surface area contributed by atoms with Crippen molar-refractivity contribution < 1.29 is 19.4 Å². The van der Waals surface area contributed by atoms with Gasteiger partial charge in [0.05, 0.1) is 23.2 Å². The lowest BCUT2D eigenvalue weighted by Gasteiger charge is -2.30. The summed E-state index contributed by atoms with van der Waals surface area (Å²) in [6, 6.07) is 5.12. The van der Waals surface area contributed by atoms with Crippen LogP contribution in [0.1, 0.15) is 5.56 Å². The van der Waals surface area contributed by atoms with Crippen molar-refractivity contribution in [2.24, 2.45) is 0 Å². The van der Waals surface area contributed by atoms with Crippen molar-refractivity contribution in [3.05, 3.63) is 39.9 Å². The van der Waals surface area contributed by atoms with Gasteiger partial charge in [0.25, 0.3) is 0 Å². The van der Waals surface area contributed by atoms with Gasteiger partial charge in [0.2, 0.25) is 5.91 Å². The first-order chi connectivity index (χ1) is 9.99. The van der Waals surface area contributed by atoms with Crippen molar-refractivity contribution in [3.63, 3.8) is 0 Å². The molecule has 0 saturated carbocycles. The van der Waals surface area contributed by atoms with Gasteiger partial charge in [-0.2, -0.15) is 0 Å². The number of nitrogens with zero attached hydrogens (tertiary/aromatic N) is 1. The van der Waals surface area contributed by atoms with E-state index in [2.05, 4.69) is 0 Å². The molecule has 112 valence electrons. The highest BCUT2D eigenvalue weighted by Crippen LogP contribution is 2.26. The smallest absolute Gasteiger partial charge is 0.334 e. The molecule has 21 heavy (non-hydrogen) atoms. The SMILES string of the molecule is O=C(O)[C@H]1CN(C(=O)/C=C\c2cccc(Cl)c2Cl)CCO1. The Bertz CT molecular complexity index is 588. The van der Waals surface area contributed by atoms with Crippen LogP contribution in [0.3, 0.4) is 0 Å². The van der Waals surface area contributed by atoms with Crippen molar-refractivity contribution in [2.45, 2.75) is 6.10 Å². The van der Waals surface area contributed by atoms with Crippen LogP contribution in [0.15, 0.2) is 24.3 Å². The number of amides is 1. The highest BCUT2D eigenvalue weighted by atomic mass is 35.5. The number of carbonyl (C=O) groups excluding carboxylic acids is 1. The summed E-state index contributed by atoms with van der Waals surface area (Å²) in [6.07, 6.45) is 1.93. The van der Waals surface area contributed by atoms with E-state index in [4.69, 9.17) is 33.0 Å². The standard InChI is InChI=1S/C14H13Cl2NO4/c15-10-3-1-2-9(13(10)16)4-5-12(18)17-6-7-21-11(8-17)14(19)20/h1-5,11H,6-8H2,(H,19,20)/b5-4-/t11-/m1/s1. The predicted octanol–water partition coefficient (Wildman–Crippen LogP) is 2.32. The lowest BCUT2D eigenvalue weighted by molar-refractivity contribution is -0.158. The molecule has 1 N–H and O–H groups in total. The van der Waals surface area contributed by atoms with Crippen molar-refractivity contribution in [1.29, 1.82) is 0 Å². The number of morpholine rings is 1. The van der Waals surface area contributed by atoms with Gasteiger partial charge in [-0.1, -0.05) is 35.3 Å². The van der Waals surface area contributed by atoms with Crippen LogP contribution in [0.2, 0.25) is 10.0 Å². The number of hydrogen-bond acceptors (Lipinski definition) is 3. The van der Waals surface area contributed by atoms with Crippen LogP contribution in [-0.2, 0) is 14.3 Å². The molecule has 2 rings (SSSR count). The number of rotatable bonds is 3. The highest BCUT2D eigenvalue weighted by Gasteiger charge is 2.27. The van der Waals surface area contributed by atoms with E-state index < -0.39 is 12.1 Å². The van der Waals surface area contributed by atoms with Gasteiger partial charge in [0, 0.05) is 12.6 Å². The summed E-state index contributed by atoms with van der Waals surface area (Å²) < 4.78 is 5.06. The monoisotopic (exact) mass is 329 g/mol. The Labute approximate surface area is 131 Å². The zero-order valence-corrected chi connectivity index (χ0v) is 12.5. The molecule has 1 aliphatic rings. The van der Waals surface area contributed by atoms with Crippen LogP contribution in [0.5, 0.6) is 0 Å². The van der Waals surface area contributed by atoms with Gasteiger partial charge in [-0.05, 0) is 17.7 Å². The Morgan fingerprint density at radius 3 is 2.86 bits per heavy atom. The summed E-state index contributed by atoms with van der Waals surface area (Å²) in [7, 11) is 0. The van der Waals surface area contributed by atoms with Gasteiger partial charge < -0.3 is 14.7 Å². The molecule has 1 fully saturated rings. The largest absolute Gasteiger partial charge is 0.479 e. The Morgan fingerprint density at radius 1 is 1.38 bits per heavy atom. The molecule has 1 amide bonds. The maximum atomic E-state index is 12.1. The number of halogens is 2. The maximum Gasteiger partial charge on any atom is 0.334 e. The molecule has 0 spiro atoms. The maximum absolute atomic E-state index is 12.1. The molecule has 0 aromatic heterocycles. The van der Waals surface area contributed by atoms with Crippen molar-refractivity contribution in [2.75, 3.05) is 19.7 Å². The van der Waals surface area contributed by atoms with Crippen LogP contribution in [0.25, 0.3) is 6.08 Å². The van der Waals surface area contributed by atoms with Crippen LogP contribution in [0.4, 0.5) is 0 Å². The van der Waals surface area contributed by atoms with Gasteiger partial charge in [0.1, 0.15) is 0 Å². The molecule has 0 bridgehead atoms. The van der Waals surface area contributed by atoms with Gasteiger partial charge in [-0.15, -0.1) is 0 Å². The molecule has 1 aliphatic heterocycles. The lowest BCUT2D eigenvalue weighted by Crippen LogP contribution is -2.48. The molecule has 0 aliphatic carbocycles. The van der Waals surface area contributed by atoms with Crippen molar-refractivity contribution >= 4 is 41.2 Å². The topological polar surface area (TPSA) is 66.8 Å². The molecule has 0 radical (unpaired) electrons. The Hall–Kier alpha value is -1.56. The summed E-state index contributed by atoms with van der Waals surface area (Å²) >= 11 is 11.9. The number of carbonyl (C=O) groups is 2. The van der Waals surface area contributed by atoms with Gasteiger partial charge >= 0.3 is 5.97 Å². The summed E-state index contributed by atoms with van der Waals surface area (Å²) in [4.78, 5) is 24.3. The van der Waals surface area contributed by atoms with Crippen molar-refractivity contribution in [1.82, 2.24) is 4.90 Å². The normalized spacial score (nSPS) is 19.0. The van der Waals surface area contributed by atoms with Crippen LogP contribution >= 0.6 is 23.2 Å². The Kier molecular flexibility index (Phi) is 5.22. The third-order valence-electron chi connectivity index (χ3n) is 3.04. The predicted molar refractivity (Wildman–Crippen MR) is 79.5 cm³/mol. The van der Waals surface area contributed by atoms with Crippen LogP contribution in [0, 0.1) is 0 Å². The molecular formula is C14H13Cl2NO4. The summed E-state index contributed by atoms with van der Waals surface area (Å²) in [5, 5.41) is 9.67. The fourth-order valence-electron chi connectivity index (χ4n) is 1.91. The molecule has 1 aromatic rings. The zero-order valence-electron chi connectivity index (χ0n) is 11.0. The minimum atomic E-state index is -1.07. The first-order valence-electron chi connectivity index (χ1n) is 6.24. The minimum absolute atomic E-state index is 0.0295. The molecule has 0 unspecified atom stereocenters. The molecule has 1 heterocycles. The molecule has 1 saturated heterocycles. The number of carboxylic acid groups (broad SMARTS) is 1. The third-order valence-corrected chi connectivity index (χ3v) is 3.87. The van der Waals surface area contributed by atoms with E-state index in [-0.39, 0.29) is 19.1 Å². The number of benzene rings is 1. The van der Waals surface area contributed by atoms with E-state index in [1.54, 1.807) is 24.3 Å². The van der Waals surface area contributed by atoms with Crippen LogP contribution < -0.4 is 0 Å². The molecule has 5 nitrogen and oxygen atoms in total. The highest BCUT2D eigenvalue weighted by molar-refractivity contribution is 6.42. The zero-order chi connectivity index (χ0) is 15.4. The average molecular weight is 330 g/mol. The van der Waals surface area contributed by atoms with E-state index in [0.29, 0.717) is 22.2 Å². The average Bonchev–Trinajstić information content (AvgIpc) is 2.48. The summed E-state index contributed by atoms with van der Waals surface area (Å²) in [5.74, 6) is -1.37. The second-order valence-corrected chi connectivity index (χ2v) is 5.24. The first-order valence-corrected chi connectivity index (χ1v) is 7.00. The second kappa shape index (κ2) is 6.93. The van der Waals surface area contributed by atoms with Crippen LogP contribution in [-0.4, -0.2) is 47.7 Å². The number of ether oxygens (including phenoxy) is 1. The minimum Gasteiger partial charge on any atom is -0.479 e. The second-order valence-electron chi connectivity index (χ2n) is 4.46. The van der Waals surface area contributed by atoms with Gasteiger partial charge in [-0.25, -0.2) is 4.79 Å². The van der Waals surface area contributed by atoms with E-state index in [9.17, 15) is 9.59 Å². The molecular weight excluding hydrogens is 317 g/mol. The quantitative estimate of drug-likeness (QED) is 0.864. The molecule has 7 heteroatoms. The Morgan fingerprint density at radius 2 is 2.14 bits per heavy atom. The number of carboxylic acids is 1. The van der Waals surface area contributed by atoms with E-state index in [0.717, 1.165) is 0 Å². The first kappa shape index (κ1) is 15.8. The summed E-state index contributed by atoms with van der Waals surface area (Å²) in [5.41, 5.74) is 0.626. The van der Waals surface area contributed by atoms with Gasteiger partial charge in [0.15, 0.2) is 6.10 Å². The van der Waals surface area contributed by atoms with Crippen molar-refractivity contribution in [3.8, 4) is 0 Å². The third kappa shape index (κ3) is 3.97. The fraction of sp³-hybridized carbons (Fsp3) is 0.286. The molecule has 1 atom stereocenters.